The Morgan fingerprint density at radius 3 is 2.34 bits per heavy atom. The summed E-state index contributed by atoms with van der Waals surface area (Å²) in [5, 5.41) is 0. The Balaban J connectivity index is 1.21. The third-order valence-corrected chi connectivity index (χ3v) is 6.12. The highest BCUT2D eigenvalue weighted by atomic mass is 16.6. The van der Waals surface area contributed by atoms with E-state index in [4.69, 9.17) is 14.2 Å². The molecule has 0 saturated carbocycles. The fourth-order valence-corrected chi connectivity index (χ4v) is 4.12. The average Bonchev–Trinajstić information content (AvgIpc) is 3.25. The zero-order valence-electron chi connectivity index (χ0n) is 20.4. The van der Waals surface area contributed by atoms with Crippen LogP contribution >= 0.6 is 0 Å². The van der Waals surface area contributed by atoms with Crippen molar-refractivity contribution in [3.05, 3.63) is 72.6 Å². The van der Waals surface area contributed by atoms with Crippen LogP contribution in [0.25, 0.3) is 11.4 Å². The number of esters is 1. The Hall–Kier alpha value is -3.41. The molecule has 6 nitrogen and oxygen atoms in total. The fraction of sp³-hybridized carbons (Fsp3) is 0.414. The van der Waals surface area contributed by atoms with Crippen molar-refractivity contribution in [3.63, 3.8) is 0 Å². The van der Waals surface area contributed by atoms with Gasteiger partial charge in [-0.25, -0.2) is 14.8 Å². The molecule has 0 spiro atoms. The fourth-order valence-electron chi connectivity index (χ4n) is 4.12. The maximum absolute atomic E-state index is 12.1. The van der Waals surface area contributed by atoms with Gasteiger partial charge >= 0.3 is 5.97 Å². The molecule has 0 aliphatic carbocycles. The number of cyclic esters (lactones) is 1. The number of unbranched alkanes of at least 4 members (excludes halogenated alkanes) is 5. The largest absolute Gasteiger partial charge is 0.490 e. The molecule has 184 valence electrons. The van der Waals surface area contributed by atoms with E-state index < -0.39 is 6.10 Å². The van der Waals surface area contributed by atoms with Crippen molar-refractivity contribution in [2.75, 3.05) is 6.61 Å². The topological polar surface area (TPSA) is 70.5 Å². The molecule has 2 heterocycles. The standard InChI is InChI=1S/C29H34N2O4/c1-2-3-4-5-6-8-11-22-19-30-28(31-20-22)23-14-16-24(17-15-23)33-21-26-18-27(29(32)35-26)34-25-12-9-7-10-13-25/h7,9-10,12-17,19-20,26-27H,2-6,8,11,18,21H2,1H3. The smallest absolute Gasteiger partial charge is 0.347 e. The first kappa shape index (κ1) is 24.7. The number of ether oxygens (including phenoxy) is 3. The predicted molar refractivity (Wildman–Crippen MR) is 135 cm³/mol. The first-order valence-corrected chi connectivity index (χ1v) is 12.7. The SMILES string of the molecule is CCCCCCCCc1cnc(-c2ccc(OCC3CC(Oc4ccccc4)C(=O)O3)cc2)nc1. The van der Waals surface area contributed by atoms with Crippen molar-refractivity contribution in [2.45, 2.75) is 70.5 Å². The van der Waals surface area contributed by atoms with Gasteiger partial charge in [-0.05, 0) is 54.8 Å². The van der Waals surface area contributed by atoms with Gasteiger partial charge in [0.25, 0.3) is 0 Å². The van der Waals surface area contributed by atoms with Crippen LogP contribution in [-0.4, -0.2) is 34.8 Å². The Labute approximate surface area is 207 Å². The first-order chi connectivity index (χ1) is 17.2. The van der Waals surface area contributed by atoms with Gasteiger partial charge in [-0.3, -0.25) is 0 Å². The summed E-state index contributed by atoms with van der Waals surface area (Å²) >= 11 is 0. The zero-order valence-corrected chi connectivity index (χ0v) is 20.4. The summed E-state index contributed by atoms with van der Waals surface area (Å²) in [6.07, 6.45) is 12.1. The summed E-state index contributed by atoms with van der Waals surface area (Å²) in [6, 6.07) is 17.0. The highest BCUT2D eigenvalue weighted by Gasteiger charge is 2.36. The van der Waals surface area contributed by atoms with E-state index in [-0.39, 0.29) is 18.7 Å². The summed E-state index contributed by atoms with van der Waals surface area (Å²) in [6.45, 7) is 2.52. The number of para-hydroxylation sites is 1. The van der Waals surface area contributed by atoms with E-state index in [1.165, 1.54) is 44.1 Å². The van der Waals surface area contributed by atoms with Crippen LogP contribution in [0, 0.1) is 0 Å². The van der Waals surface area contributed by atoms with E-state index in [0.29, 0.717) is 23.7 Å². The molecule has 0 bridgehead atoms. The minimum absolute atomic E-state index is 0.281. The van der Waals surface area contributed by atoms with E-state index >= 15 is 0 Å². The van der Waals surface area contributed by atoms with Gasteiger partial charge in [0.1, 0.15) is 24.2 Å². The molecule has 2 aromatic carbocycles. The Bertz CT molecular complexity index is 1040. The number of carbonyl (C=O) groups excluding carboxylic acids is 1. The van der Waals surface area contributed by atoms with Gasteiger partial charge in [0.2, 0.25) is 0 Å². The van der Waals surface area contributed by atoms with Crippen molar-refractivity contribution < 1.29 is 19.0 Å². The van der Waals surface area contributed by atoms with Crippen molar-refractivity contribution in [1.82, 2.24) is 9.97 Å². The quantitative estimate of drug-likeness (QED) is 0.217. The molecule has 1 aliphatic rings. The molecule has 2 atom stereocenters. The van der Waals surface area contributed by atoms with Crippen molar-refractivity contribution in [3.8, 4) is 22.9 Å². The summed E-state index contributed by atoms with van der Waals surface area (Å²) in [4.78, 5) is 21.2. The van der Waals surface area contributed by atoms with Crippen molar-refractivity contribution in [2.24, 2.45) is 0 Å². The number of carbonyl (C=O) groups is 1. The Morgan fingerprint density at radius 1 is 0.886 bits per heavy atom. The van der Waals surface area contributed by atoms with Crippen molar-refractivity contribution in [1.29, 1.82) is 0 Å². The highest BCUT2D eigenvalue weighted by molar-refractivity contribution is 5.77. The molecule has 0 N–H and O–H groups in total. The van der Waals surface area contributed by atoms with E-state index in [2.05, 4.69) is 16.9 Å². The monoisotopic (exact) mass is 474 g/mol. The second-order valence-electron chi connectivity index (χ2n) is 8.98. The lowest BCUT2D eigenvalue weighted by Crippen LogP contribution is -2.21. The lowest BCUT2D eigenvalue weighted by atomic mass is 10.1. The van der Waals surface area contributed by atoms with Gasteiger partial charge in [0, 0.05) is 24.4 Å². The van der Waals surface area contributed by atoms with E-state index in [1.54, 1.807) is 0 Å². The number of nitrogens with zero attached hydrogens (tertiary/aromatic N) is 2. The molecule has 1 saturated heterocycles. The number of benzene rings is 2. The lowest BCUT2D eigenvalue weighted by Gasteiger charge is -2.11. The molecule has 1 aromatic heterocycles. The number of hydrogen-bond donors (Lipinski definition) is 0. The van der Waals surface area contributed by atoms with Crippen LogP contribution in [0.15, 0.2) is 67.0 Å². The van der Waals surface area contributed by atoms with E-state index in [9.17, 15) is 4.79 Å². The molecule has 1 aliphatic heterocycles. The third kappa shape index (κ3) is 7.54. The number of aromatic nitrogens is 2. The van der Waals surface area contributed by atoms with Crippen LogP contribution in [-0.2, 0) is 16.0 Å². The van der Waals surface area contributed by atoms with Crippen LogP contribution in [0.5, 0.6) is 11.5 Å². The minimum atomic E-state index is -0.602. The normalized spacial score (nSPS) is 17.2. The maximum atomic E-state index is 12.1. The molecule has 0 radical (unpaired) electrons. The lowest BCUT2D eigenvalue weighted by molar-refractivity contribution is -0.147. The molecule has 3 aromatic rings. The molecular formula is C29H34N2O4. The van der Waals surface area contributed by atoms with Gasteiger partial charge in [-0.15, -0.1) is 0 Å². The summed E-state index contributed by atoms with van der Waals surface area (Å²) in [7, 11) is 0. The predicted octanol–water partition coefficient (Wildman–Crippen LogP) is 6.19. The third-order valence-electron chi connectivity index (χ3n) is 6.12. The van der Waals surface area contributed by atoms with Crippen LogP contribution < -0.4 is 9.47 Å². The zero-order chi connectivity index (χ0) is 24.3. The number of rotatable bonds is 13. The van der Waals surface area contributed by atoms with Crippen LogP contribution in [0.2, 0.25) is 0 Å². The van der Waals surface area contributed by atoms with Gasteiger partial charge in [-0.2, -0.15) is 0 Å². The highest BCUT2D eigenvalue weighted by Crippen LogP contribution is 2.24. The number of hydrogen-bond acceptors (Lipinski definition) is 6. The second kappa shape index (κ2) is 12.9. The van der Waals surface area contributed by atoms with Crippen LogP contribution in [0.1, 0.15) is 57.4 Å². The van der Waals surface area contributed by atoms with E-state index in [0.717, 1.165) is 12.0 Å². The van der Waals surface area contributed by atoms with Gasteiger partial charge < -0.3 is 14.2 Å². The second-order valence-corrected chi connectivity index (χ2v) is 8.98. The minimum Gasteiger partial charge on any atom is -0.490 e. The van der Waals surface area contributed by atoms with Crippen molar-refractivity contribution >= 4 is 5.97 Å². The maximum Gasteiger partial charge on any atom is 0.347 e. The molecular weight excluding hydrogens is 440 g/mol. The van der Waals surface area contributed by atoms with Gasteiger partial charge in [-0.1, -0.05) is 57.2 Å². The number of aryl methyl sites for hydroxylation is 1. The first-order valence-electron chi connectivity index (χ1n) is 12.7. The molecule has 2 unspecified atom stereocenters. The Kier molecular flexibility index (Phi) is 9.10. The summed E-state index contributed by atoms with van der Waals surface area (Å²) in [5.41, 5.74) is 2.12. The van der Waals surface area contributed by atoms with Gasteiger partial charge in [0.05, 0.1) is 0 Å². The summed E-state index contributed by atoms with van der Waals surface area (Å²) < 4.78 is 17.0. The Morgan fingerprint density at radius 2 is 1.60 bits per heavy atom. The molecule has 35 heavy (non-hydrogen) atoms. The molecule has 1 fully saturated rings. The average molecular weight is 475 g/mol. The molecule has 0 amide bonds. The molecule has 4 rings (SSSR count). The van der Waals surface area contributed by atoms with E-state index in [1.807, 2.05) is 67.0 Å². The van der Waals surface area contributed by atoms with Gasteiger partial charge in [0.15, 0.2) is 11.9 Å². The van der Waals surface area contributed by atoms with Crippen LogP contribution in [0.3, 0.4) is 0 Å². The summed E-state index contributed by atoms with van der Waals surface area (Å²) in [5.74, 6) is 1.71. The van der Waals surface area contributed by atoms with Crippen LogP contribution in [0.4, 0.5) is 0 Å². The molecule has 6 heteroatoms.